The maximum Gasteiger partial charge on any atom is 0.225 e. The fourth-order valence-electron chi connectivity index (χ4n) is 2.92. The average Bonchev–Trinajstić information content (AvgIpc) is 2.53. The van der Waals surface area contributed by atoms with Crippen LogP contribution in [0.1, 0.15) is 46.1 Å². The van der Waals surface area contributed by atoms with Crippen molar-refractivity contribution in [3.8, 4) is 5.75 Å². The van der Waals surface area contributed by atoms with Crippen molar-refractivity contribution in [2.24, 2.45) is 5.41 Å². The van der Waals surface area contributed by atoms with Gasteiger partial charge in [0, 0.05) is 30.6 Å². The van der Waals surface area contributed by atoms with Gasteiger partial charge in [-0.1, -0.05) is 32.9 Å². The number of carbonyl (C=O) groups excluding carboxylic acids is 1. The summed E-state index contributed by atoms with van der Waals surface area (Å²) in [5.41, 5.74) is 0.827. The molecule has 1 aliphatic rings. The molecule has 1 saturated heterocycles. The maximum atomic E-state index is 12.3. The zero-order valence-electron chi connectivity index (χ0n) is 14.8. The van der Waals surface area contributed by atoms with Gasteiger partial charge in [-0.15, -0.1) is 0 Å². The summed E-state index contributed by atoms with van der Waals surface area (Å²) >= 11 is 0. The number of benzene rings is 1. The summed E-state index contributed by atoms with van der Waals surface area (Å²) in [6, 6.07) is 8.28. The van der Waals surface area contributed by atoms with Crippen LogP contribution in [0.4, 0.5) is 0 Å². The first kappa shape index (κ1) is 17.8. The number of ether oxygens (including phenoxy) is 2. The zero-order valence-corrected chi connectivity index (χ0v) is 14.8. The number of hydrogen-bond acceptors (Lipinski definition) is 3. The lowest BCUT2D eigenvalue weighted by molar-refractivity contribution is -0.129. The van der Waals surface area contributed by atoms with Crippen LogP contribution in [0, 0.1) is 5.41 Å². The van der Waals surface area contributed by atoms with E-state index in [4.69, 9.17) is 9.47 Å². The molecule has 1 fully saturated rings. The molecule has 1 heterocycles. The van der Waals surface area contributed by atoms with E-state index in [-0.39, 0.29) is 16.7 Å². The molecule has 0 unspecified atom stereocenters. The van der Waals surface area contributed by atoms with Crippen molar-refractivity contribution >= 4 is 5.91 Å². The highest BCUT2D eigenvalue weighted by atomic mass is 16.5. The van der Waals surface area contributed by atoms with E-state index in [1.54, 1.807) is 0 Å². The van der Waals surface area contributed by atoms with E-state index in [0.29, 0.717) is 13.2 Å². The molecular weight excluding hydrogens is 290 g/mol. The summed E-state index contributed by atoms with van der Waals surface area (Å²) in [5.74, 6) is 0.978. The Bertz CT molecular complexity index is 510. The summed E-state index contributed by atoms with van der Waals surface area (Å²) in [5, 5.41) is 3.15. The Morgan fingerprint density at radius 3 is 2.35 bits per heavy atom. The van der Waals surface area contributed by atoms with E-state index in [0.717, 1.165) is 31.8 Å². The predicted molar refractivity (Wildman–Crippen MR) is 91.8 cm³/mol. The number of nitrogens with one attached hydrogen (secondary N) is 1. The van der Waals surface area contributed by atoms with Gasteiger partial charge in [-0.3, -0.25) is 4.79 Å². The van der Waals surface area contributed by atoms with Crippen molar-refractivity contribution in [1.29, 1.82) is 0 Å². The molecule has 4 nitrogen and oxygen atoms in total. The second-order valence-corrected chi connectivity index (χ2v) is 7.28. The van der Waals surface area contributed by atoms with Gasteiger partial charge in [-0.25, -0.2) is 0 Å². The molecule has 1 aliphatic heterocycles. The van der Waals surface area contributed by atoms with Crippen molar-refractivity contribution in [3.05, 3.63) is 29.8 Å². The topological polar surface area (TPSA) is 47.6 Å². The lowest BCUT2D eigenvalue weighted by Gasteiger charge is -2.38. The highest BCUT2D eigenvalue weighted by molar-refractivity contribution is 5.81. The second kappa shape index (κ2) is 7.35. The molecule has 2 rings (SSSR count). The first-order valence-corrected chi connectivity index (χ1v) is 8.47. The van der Waals surface area contributed by atoms with E-state index < -0.39 is 0 Å². The average molecular weight is 319 g/mol. The first-order chi connectivity index (χ1) is 10.9. The van der Waals surface area contributed by atoms with Crippen LogP contribution >= 0.6 is 0 Å². The third-order valence-electron chi connectivity index (χ3n) is 4.50. The molecule has 0 atom stereocenters. The smallest absolute Gasteiger partial charge is 0.225 e. The van der Waals surface area contributed by atoms with Crippen LogP contribution in [0.2, 0.25) is 0 Å². The van der Waals surface area contributed by atoms with Gasteiger partial charge in [-0.05, 0) is 37.5 Å². The van der Waals surface area contributed by atoms with Crippen LogP contribution in [0.3, 0.4) is 0 Å². The van der Waals surface area contributed by atoms with Gasteiger partial charge in [0.05, 0.1) is 6.61 Å². The van der Waals surface area contributed by atoms with Gasteiger partial charge in [0.15, 0.2) is 0 Å². The Labute approximate surface area is 139 Å². The molecule has 4 heteroatoms. The SMILES string of the molecule is CCOc1ccc(C2(CNC(=O)C(C)(C)C)CCOCC2)cc1. The Balaban J connectivity index is 2.16. The third-order valence-corrected chi connectivity index (χ3v) is 4.50. The van der Waals surface area contributed by atoms with Crippen LogP contribution in [-0.2, 0) is 14.9 Å². The van der Waals surface area contributed by atoms with E-state index in [1.807, 2.05) is 39.8 Å². The normalized spacial score (nSPS) is 17.6. The van der Waals surface area contributed by atoms with E-state index in [1.165, 1.54) is 5.56 Å². The molecule has 1 N–H and O–H groups in total. The van der Waals surface area contributed by atoms with Gasteiger partial charge in [-0.2, -0.15) is 0 Å². The molecule has 0 aromatic heterocycles. The molecule has 128 valence electrons. The van der Waals surface area contributed by atoms with E-state index in [9.17, 15) is 4.79 Å². The Morgan fingerprint density at radius 2 is 1.83 bits per heavy atom. The second-order valence-electron chi connectivity index (χ2n) is 7.28. The standard InChI is InChI=1S/C19H29NO3/c1-5-23-16-8-6-15(7-9-16)19(10-12-22-13-11-19)14-20-17(21)18(2,3)4/h6-9H,5,10-14H2,1-4H3,(H,20,21). The van der Waals surface area contributed by atoms with Gasteiger partial charge in [0.1, 0.15) is 5.75 Å². The van der Waals surface area contributed by atoms with Crippen molar-refractivity contribution in [2.75, 3.05) is 26.4 Å². The maximum absolute atomic E-state index is 12.3. The highest BCUT2D eigenvalue weighted by Gasteiger charge is 2.35. The molecular formula is C19H29NO3. The molecule has 1 aromatic rings. The summed E-state index contributed by atoms with van der Waals surface area (Å²) < 4.78 is 11.1. The first-order valence-electron chi connectivity index (χ1n) is 8.47. The van der Waals surface area contributed by atoms with Crippen molar-refractivity contribution in [3.63, 3.8) is 0 Å². The van der Waals surface area contributed by atoms with Crippen molar-refractivity contribution < 1.29 is 14.3 Å². The molecule has 0 saturated carbocycles. The minimum atomic E-state index is -0.370. The van der Waals surface area contributed by atoms with Crippen LogP contribution in [0.5, 0.6) is 5.75 Å². The van der Waals surface area contributed by atoms with Gasteiger partial charge < -0.3 is 14.8 Å². The van der Waals surface area contributed by atoms with Crippen LogP contribution < -0.4 is 10.1 Å². The monoisotopic (exact) mass is 319 g/mol. The summed E-state index contributed by atoms with van der Waals surface area (Å²) in [6.45, 7) is 10.6. The fraction of sp³-hybridized carbons (Fsp3) is 0.632. The molecule has 1 amide bonds. The fourth-order valence-corrected chi connectivity index (χ4v) is 2.92. The van der Waals surface area contributed by atoms with Crippen LogP contribution in [0.25, 0.3) is 0 Å². The predicted octanol–water partition coefficient (Wildman–Crippen LogP) is 3.30. The van der Waals surface area contributed by atoms with E-state index >= 15 is 0 Å². The largest absolute Gasteiger partial charge is 0.494 e. The lowest BCUT2D eigenvalue weighted by atomic mass is 9.74. The highest BCUT2D eigenvalue weighted by Crippen LogP contribution is 2.35. The Morgan fingerprint density at radius 1 is 1.22 bits per heavy atom. The Kier molecular flexibility index (Phi) is 5.69. The quantitative estimate of drug-likeness (QED) is 0.906. The number of rotatable bonds is 5. The Hall–Kier alpha value is -1.55. The van der Waals surface area contributed by atoms with Gasteiger partial charge in [0.2, 0.25) is 5.91 Å². The number of amides is 1. The zero-order chi connectivity index (χ0) is 16.9. The lowest BCUT2D eigenvalue weighted by Crippen LogP contribution is -2.47. The molecule has 0 radical (unpaired) electrons. The summed E-state index contributed by atoms with van der Waals surface area (Å²) in [7, 11) is 0. The van der Waals surface area contributed by atoms with E-state index in [2.05, 4.69) is 17.4 Å². The molecule has 0 bridgehead atoms. The summed E-state index contributed by atoms with van der Waals surface area (Å²) in [4.78, 5) is 12.3. The van der Waals surface area contributed by atoms with Crippen LogP contribution in [0.15, 0.2) is 24.3 Å². The van der Waals surface area contributed by atoms with Crippen molar-refractivity contribution in [2.45, 2.75) is 46.0 Å². The third kappa shape index (κ3) is 4.47. The summed E-state index contributed by atoms with van der Waals surface area (Å²) in [6.07, 6.45) is 1.84. The molecule has 1 aromatic carbocycles. The minimum Gasteiger partial charge on any atom is -0.494 e. The van der Waals surface area contributed by atoms with Gasteiger partial charge in [0.25, 0.3) is 0 Å². The number of hydrogen-bond donors (Lipinski definition) is 1. The molecule has 0 aliphatic carbocycles. The molecule has 23 heavy (non-hydrogen) atoms. The minimum absolute atomic E-state index is 0.0517. The van der Waals surface area contributed by atoms with Crippen LogP contribution in [-0.4, -0.2) is 32.3 Å². The molecule has 0 spiro atoms. The number of carbonyl (C=O) groups is 1. The van der Waals surface area contributed by atoms with Crippen molar-refractivity contribution in [1.82, 2.24) is 5.32 Å². The van der Waals surface area contributed by atoms with Gasteiger partial charge >= 0.3 is 0 Å².